The number of hydrogen-bond donors (Lipinski definition) is 0. The van der Waals surface area contributed by atoms with Crippen molar-refractivity contribution in [2.45, 2.75) is 9.79 Å². The summed E-state index contributed by atoms with van der Waals surface area (Å²) in [4.78, 5) is 13.0. The molecule has 0 fully saturated rings. The summed E-state index contributed by atoms with van der Waals surface area (Å²) < 4.78 is 23.1. The first-order valence-electron chi connectivity index (χ1n) is 5.84. The van der Waals surface area contributed by atoms with Crippen molar-refractivity contribution in [3.05, 3.63) is 53.8 Å². The number of carbonyl (C=O) groups excluding carboxylic acids is 1. The van der Waals surface area contributed by atoms with Crippen LogP contribution in [0.1, 0.15) is 10.4 Å². The first-order valence-corrected chi connectivity index (χ1v) is 6.65. The van der Waals surface area contributed by atoms with E-state index >= 15 is 0 Å². The molecule has 0 amide bonds. The van der Waals surface area contributed by atoms with Crippen LogP contribution in [0.4, 0.5) is 4.39 Å². The maximum absolute atomic E-state index is 13.6. The molecule has 0 saturated heterocycles. The van der Waals surface area contributed by atoms with E-state index in [4.69, 9.17) is 4.74 Å². The maximum atomic E-state index is 13.6. The molecule has 0 saturated carbocycles. The Balaban J connectivity index is 2.14. The van der Waals surface area contributed by atoms with Crippen molar-refractivity contribution in [2.24, 2.45) is 0 Å². The fourth-order valence-electron chi connectivity index (χ4n) is 1.62. The Labute approximate surface area is 120 Å². The molecule has 104 valence electrons. The Bertz CT molecular complexity index is 611. The van der Waals surface area contributed by atoms with E-state index in [1.54, 1.807) is 36.4 Å². The number of rotatable bonds is 4. The molecule has 5 heteroatoms. The summed E-state index contributed by atoms with van der Waals surface area (Å²) in [6, 6.07) is 11.7. The van der Waals surface area contributed by atoms with Crippen molar-refractivity contribution in [3.63, 3.8) is 0 Å². The third-order valence-corrected chi connectivity index (χ3v) is 3.63. The van der Waals surface area contributed by atoms with E-state index in [0.717, 1.165) is 9.79 Å². The average Bonchev–Trinajstić information content (AvgIpc) is 2.47. The van der Waals surface area contributed by atoms with E-state index in [9.17, 15) is 9.18 Å². The molecule has 0 aliphatic heterocycles. The van der Waals surface area contributed by atoms with E-state index in [0.29, 0.717) is 5.56 Å². The summed E-state index contributed by atoms with van der Waals surface area (Å²) in [5.41, 5.74) is 0.484. The first-order chi connectivity index (χ1) is 9.63. The van der Waals surface area contributed by atoms with Gasteiger partial charge in [-0.25, -0.2) is 9.18 Å². The molecule has 0 aromatic heterocycles. The van der Waals surface area contributed by atoms with Crippen LogP contribution in [0.5, 0.6) is 5.75 Å². The van der Waals surface area contributed by atoms with E-state index in [1.807, 2.05) is 0 Å². The summed E-state index contributed by atoms with van der Waals surface area (Å²) in [5, 5.41) is 0. The highest BCUT2D eigenvalue weighted by molar-refractivity contribution is 7.99. The maximum Gasteiger partial charge on any atom is 0.337 e. The zero-order chi connectivity index (χ0) is 14.5. The highest BCUT2D eigenvalue weighted by atomic mass is 32.2. The number of esters is 1. The van der Waals surface area contributed by atoms with Crippen molar-refractivity contribution in [1.82, 2.24) is 0 Å². The van der Waals surface area contributed by atoms with Crippen LogP contribution in [0, 0.1) is 5.82 Å². The third-order valence-electron chi connectivity index (χ3n) is 2.63. The molecule has 2 rings (SSSR count). The number of carbonyl (C=O) groups is 1. The van der Waals surface area contributed by atoms with Gasteiger partial charge in [-0.05, 0) is 42.5 Å². The second kappa shape index (κ2) is 6.43. The number of benzene rings is 2. The van der Waals surface area contributed by atoms with Crippen LogP contribution in [0.15, 0.2) is 52.3 Å². The smallest absolute Gasteiger partial charge is 0.337 e. The van der Waals surface area contributed by atoms with Gasteiger partial charge in [-0.15, -0.1) is 0 Å². The van der Waals surface area contributed by atoms with Gasteiger partial charge >= 0.3 is 5.97 Å². The fraction of sp³-hybridized carbons (Fsp3) is 0.133. The number of methoxy groups -OCH3 is 2. The monoisotopic (exact) mass is 292 g/mol. The molecule has 2 aromatic rings. The summed E-state index contributed by atoms with van der Waals surface area (Å²) in [6.45, 7) is 0. The minimum Gasteiger partial charge on any atom is -0.494 e. The Kier molecular flexibility index (Phi) is 4.63. The van der Waals surface area contributed by atoms with Gasteiger partial charge in [-0.3, -0.25) is 0 Å². The lowest BCUT2D eigenvalue weighted by atomic mass is 10.2. The second-order valence-electron chi connectivity index (χ2n) is 3.91. The van der Waals surface area contributed by atoms with Crippen molar-refractivity contribution >= 4 is 17.7 Å². The fourth-order valence-corrected chi connectivity index (χ4v) is 2.47. The molecule has 0 atom stereocenters. The molecule has 3 nitrogen and oxygen atoms in total. The summed E-state index contributed by atoms with van der Waals surface area (Å²) in [7, 11) is 2.77. The summed E-state index contributed by atoms with van der Waals surface area (Å²) in [5.74, 6) is -0.559. The molecule has 0 unspecified atom stereocenters. The molecule has 0 radical (unpaired) electrons. The Morgan fingerprint density at radius 3 is 2.25 bits per heavy atom. The second-order valence-corrected chi connectivity index (χ2v) is 5.06. The molecule has 0 N–H and O–H groups in total. The molecular weight excluding hydrogens is 279 g/mol. The third kappa shape index (κ3) is 3.30. The zero-order valence-corrected chi connectivity index (χ0v) is 11.9. The van der Waals surface area contributed by atoms with Gasteiger partial charge in [0.15, 0.2) is 11.6 Å². The van der Waals surface area contributed by atoms with Crippen LogP contribution in [0.25, 0.3) is 0 Å². The predicted octanol–water partition coefficient (Wildman–Crippen LogP) is 3.77. The lowest BCUT2D eigenvalue weighted by Crippen LogP contribution is -2.00. The van der Waals surface area contributed by atoms with Crippen molar-refractivity contribution in [2.75, 3.05) is 14.2 Å². The summed E-state index contributed by atoms with van der Waals surface area (Å²) in [6.07, 6.45) is 0. The van der Waals surface area contributed by atoms with Crippen molar-refractivity contribution in [1.29, 1.82) is 0 Å². The Hall–Kier alpha value is -2.01. The van der Waals surface area contributed by atoms with Crippen LogP contribution < -0.4 is 4.74 Å². The lowest BCUT2D eigenvalue weighted by Gasteiger charge is -2.06. The van der Waals surface area contributed by atoms with Gasteiger partial charge in [0.2, 0.25) is 0 Å². The minimum absolute atomic E-state index is 0.218. The van der Waals surface area contributed by atoms with Crippen LogP contribution in [-0.2, 0) is 4.74 Å². The van der Waals surface area contributed by atoms with E-state index in [-0.39, 0.29) is 11.7 Å². The first kappa shape index (κ1) is 14.4. The normalized spacial score (nSPS) is 10.2. The molecule has 20 heavy (non-hydrogen) atoms. The molecule has 0 heterocycles. The van der Waals surface area contributed by atoms with Crippen LogP contribution in [0.3, 0.4) is 0 Å². The lowest BCUT2D eigenvalue weighted by molar-refractivity contribution is 0.0600. The summed E-state index contributed by atoms with van der Waals surface area (Å²) >= 11 is 1.40. The van der Waals surface area contributed by atoms with Gasteiger partial charge in [0.25, 0.3) is 0 Å². The number of halogens is 1. The Morgan fingerprint density at radius 2 is 1.70 bits per heavy atom. The largest absolute Gasteiger partial charge is 0.494 e. The molecule has 0 aliphatic rings. The molecule has 2 aromatic carbocycles. The van der Waals surface area contributed by atoms with E-state index in [2.05, 4.69) is 4.74 Å². The number of hydrogen-bond acceptors (Lipinski definition) is 4. The quantitative estimate of drug-likeness (QED) is 0.804. The number of ether oxygens (including phenoxy) is 2. The van der Waals surface area contributed by atoms with Crippen molar-refractivity contribution < 1.29 is 18.7 Å². The van der Waals surface area contributed by atoms with Crippen LogP contribution in [0.2, 0.25) is 0 Å². The van der Waals surface area contributed by atoms with Gasteiger partial charge in [-0.1, -0.05) is 11.8 Å². The Morgan fingerprint density at radius 1 is 1.05 bits per heavy atom. The van der Waals surface area contributed by atoms with Gasteiger partial charge in [0.05, 0.1) is 19.8 Å². The van der Waals surface area contributed by atoms with Crippen LogP contribution in [-0.4, -0.2) is 20.2 Å². The topological polar surface area (TPSA) is 35.5 Å². The van der Waals surface area contributed by atoms with Crippen molar-refractivity contribution in [3.8, 4) is 5.75 Å². The molecule has 0 spiro atoms. The predicted molar refractivity (Wildman–Crippen MR) is 74.9 cm³/mol. The van der Waals surface area contributed by atoms with Gasteiger partial charge in [0.1, 0.15) is 0 Å². The SMILES string of the molecule is COC(=O)c1ccc(Sc2ccc(OC)c(F)c2)cc1. The average molecular weight is 292 g/mol. The minimum atomic E-state index is -0.399. The van der Waals surface area contributed by atoms with Gasteiger partial charge in [0, 0.05) is 9.79 Å². The van der Waals surface area contributed by atoms with Gasteiger partial charge in [-0.2, -0.15) is 0 Å². The van der Waals surface area contributed by atoms with Gasteiger partial charge < -0.3 is 9.47 Å². The van der Waals surface area contributed by atoms with E-state index in [1.165, 1.54) is 32.0 Å². The standard InChI is InChI=1S/C15H13FO3S/c1-18-14-8-7-12(9-13(14)16)20-11-5-3-10(4-6-11)15(17)19-2/h3-9H,1-2H3. The van der Waals surface area contributed by atoms with E-state index < -0.39 is 5.82 Å². The van der Waals surface area contributed by atoms with Crippen LogP contribution >= 0.6 is 11.8 Å². The highest BCUT2D eigenvalue weighted by Crippen LogP contribution is 2.30. The zero-order valence-electron chi connectivity index (χ0n) is 11.1. The molecular formula is C15H13FO3S. The molecule has 0 bridgehead atoms. The highest BCUT2D eigenvalue weighted by Gasteiger charge is 2.07. The molecule has 0 aliphatic carbocycles.